The van der Waals surface area contributed by atoms with Gasteiger partial charge >= 0.3 is 17.9 Å². The fourth-order valence-corrected chi connectivity index (χ4v) is 8.16. The molecule has 352 valence electrons. The van der Waals surface area contributed by atoms with Crippen molar-refractivity contribution in [3.05, 3.63) is 0 Å². The summed E-state index contributed by atoms with van der Waals surface area (Å²) in [5.74, 6) is -1.30. The monoisotopic (exact) mass is 835 g/mol. The molecule has 0 radical (unpaired) electrons. The molecule has 0 amide bonds. The molecule has 59 heavy (non-hydrogen) atoms. The van der Waals surface area contributed by atoms with Crippen LogP contribution in [0.5, 0.6) is 0 Å². The fourth-order valence-electron chi connectivity index (χ4n) is 8.16. The standard InChI is InChI=1S/C32H62O3.C22H44O2/c1-3-5-7-9-11-13-15-16-17-18-20-22-24-26-28-30-32(34)35-31(33)29-27-25-23-21-19-14-12-10-8-6-4-2;1-2-3-4-5-6-7-8-9-10-11-12-13-14-15-16-17-18-19-20-21-22(23)24/h3-30H2,1-2H3;2-21H2,1H3,(H,23,24). The average Bonchev–Trinajstić information content (AvgIpc) is 3.22. The van der Waals surface area contributed by atoms with E-state index in [9.17, 15) is 14.4 Å². The summed E-state index contributed by atoms with van der Waals surface area (Å²) in [4.78, 5) is 34.1. The molecule has 0 spiro atoms. The number of carboxylic acid groups (broad SMARTS) is 1. The molecule has 0 fully saturated rings. The van der Waals surface area contributed by atoms with Crippen molar-refractivity contribution in [2.75, 3.05) is 0 Å². The third-order valence-corrected chi connectivity index (χ3v) is 12.2. The third kappa shape index (κ3) is 58.7. The zero-order chi connectivity index (χ0) is 43.4. The van der Waals surface area contributed by atoms with Gasteiger partial charge in [-0.2, -0.15) is 0 Å². The second-order valence-corrected chi connectivity index (χ2v) is 18.3. The number of carbonyl (C=O) groups is 3. The van der Waals surface area contributed by atoms with E-state index in [0.29, 0.717) is 19.3 Å². The second kappa shape index (κ2) is 54.6. The summed E-state index contributed by atoms with van der Waals surface area (Å²) >= 11 is 0. The Morgan fingerprint density at radius 1 is 0.254 bits per heavy atom. The van der Waals surface area contributed by atoms with E-state index in [4.69, 9.17) is 9.84 Å². The molecule has 0 aliphatic carbocycles. The lowest BCUT2D eigenvalue weighted by atomic mass is 10.0. The van der Waals surface area contributed by atoms with Crippen LogP contribution in [0.3, 0.4) is 0 Å². The number of carboxylic acids is 1. The van der Waals surface area contributed by atoms with Crippen molar-refractivity contribution in [3.63, 3.8) is 0 Å². The number of aliphatic carboxylic acids is 1. The molecular formula is C54H106O5. The van der Waals surface area contributed by atoms with Crippen LogP contribution in [-0.4, -0.2) is 23.0 Å². The number of rotatable bonds is 48. The van der Waals surface area contributed by atoms with Crippen molar-refractivity contribution in [1.82, 2.24) is 0 Å². The van der Waals surface area contributed by atoms with Gasteiger partial charge in [0.2, 0.25) is 0 Å². The highest BCUT2D eigenvalue weighted by molar-refractivity contribution is 5.85. The lowest BCUT2D eigenvalue weighted by Crippen LogP contribution is -2.11. The van der Waals surface area contributed by atoms with Crippen molar-refractivity contribution < 1.29 is 24.2 Å². The van der Waals surface area contributed by atoms with Crippen LogP contribution in [0.2, 0.25) is 0 Å². The van der Waals surface area contributed by atoms with Gasteiger partial charge in [-0.05, 0) is 19.3 Å². The second-order valence-electron chi connectivity index (χ2n) is 18.3. The molecular weight excluding hydrogens is 729 g/mol. The zero-order valence-corrected chi connectivity index (χ0v) is 40.5. The molecule has 0 saturated carbocycles. The molecule has 0 aromatic carbocycles. The largest absolute Gasteiger partial charge is 0.481 e. The smallest absolute Gasteiger partial charge is 0.313 e. The summed E-state index contributed by atoms with van der Waals surface area (Å²) in [6, 6.07) is 0. The molecule has 0 aromatic rings. The molecule has 0 saturated heterocycles. The summed E-state index contributed by atoms with van der Waals surface area (Å²) in [6.07, 6.45) is 60.4. The molecule has 0 aliphatic rings. The Balaban J connectivity index is 0. The van der Waals surface area contributed by atoms with Crippen LogP contribution < -0.4 is 0 Å². The normalized spacial score (nSPS) is 11.1. The van der Waals surface area contributed by atoms with Gasteiger partial charge in [-0.15, -0.1) is 0 Å². The van der Waals surface area contributed by atoms with E-state index >= 15 is 0 Å². The van der Waals surface area contributed by atoms with Crippen molar-refractivity contribution >= 4 is 17.9 Å². The van der Waals surface area contributed by atoms with Gasteiger partial charge < -0.3 is 9.84 Å². The van der Waals surface area contributed by atoms with Crippen LogP contribution in [0.25, 0.3) is 0 Å². The number of ether oxygens (including phenoxy) is 1. The summed E-state index contributed by atoms with van der Waals surface area (Å²) in [5, 5.41) is 8.56. The number of esters is 2. The lowest BCUT2D eigenvalue weighted by Gasteiger charge is -2.05. The third-order valence-electron chi connectivity index (χ3n) is 12.2. The number of carbonyl (C=O) groups excluding carboxylic acids is 2. The van der Waals surface area contributed by atoms with Crippen molar-refractivity contribution in [2.24, 2.45) is 0 Å². The van der Waals surface area contributed by atoms with E-state index < -0.39 is 5.97 Å². The summed E-state index contributed by atoms with van der Waals surface area (Å²) in [7, 11) is 0. The average molecular weight is 835 g/mol. The van der Waals surface area contributed by atoms with E-state index in [2.05, 4.69) is 20.8 Å². The van der Waals surface area contributed by atoms with E-state index in [1.54, 1.807) is 0 Å². The lowest BCUT2D eigenvalue weighted by molar-refractivity contribution is -0.159. The molecule has 0 aliphatic heterocycles. The molecule has 1 N–H and O–H groups in total. The van der Waals surface area contributed by atoms with Gasteiger partial charge in [0.25, 0.3) is 0 Å². The van der Waals surface area contributed by atoms with Gasteiger partial charge in [0.1, 0.15) is 0 Å². The first-order chi connectivity index (χ1) is 29.0. The van der Waals surface area contributed by atoms with Crippen molar-refractivity contribution in [1.29, 1.82) is 0 Å². The van der Waals surface area contributed by atoms with Gasteiger partial charge in [0.05, 0.1) is 0 Å². The number of unbranched alkanes of at least 4 members (excludes halogenated alkanes) is 42. The quantitative estimate of drug-likeness (QED) is 0.0375. The van der Waals surface area contributed by atoms with E-state index in [-0.39, 0.29) is 11.9 Å². The van der Waals surface area contributed by atoms with E-state index in [1.807, 2.05) is 0 Å². The topological polar surface area (TPSA) is 80.7 Å². The Morgan fingerprint density at radius 3 is 0.576 bits per heavy atom. The minimum Gasteiger partial charge on any atom is -0.481 e. The van der Waals surface area contributed by atoms with Crippen LogP contribution in [0.1, 0.15) is 329 Å². The molecule has 0 rings (SSSR count). The highest BCUT2D eigenvalue weighted by Gasteiger charge is 2.10. The van der Waals surface area contributed by atoms with Crippen LogP contribution >= 0.6 is 0 Å². The molecule has 0 heterocycles. The maximum atomic E-state index is 11.8. The molecule has 5 heteroatoms. The first kappa shape index (κ1) is 59.7. The van der Waals surface area contributed by atoms with Gasteiger partial charge in [0.15, 0.2) is 0 Å². The predicted molar refractivity (Wildman–Crippen MR) is 257 cm³/mol. The van der Waals surface area contributed by atoms with Crippen LogP contribution in [0, 0.1) is 0 Å². The molecule has 0 unspecified atom stereocenters. The van der Waals surface area contributed by atoms with Crippen LogP contribution in [0.15, 0.2) is 0 Å². The highest BCUT2D eigenvalue weighted by atomic mass is 16.6. The van der Waals surface area contributed by atoms with Crippen LogP contribution in [0.4, 0.5) is 0 Å². The summed E-state index contributed by atoms with van der Waals surface area (Å²) in [6.45, 7) is 6.82. The molecule has 0 bridgehead atoms. The summed E-state index contributed by atoms with van der Waals surface area (Å²) in [5.41, 5.74) is 0. The SMILES string of the molecule is CCCCCCCCCCCCCCCCCC(=O)OC(=O)CCCCCCCCCCCCC.CCCCCCCCCCCCCCCCCCCCCC(=O)O. The number of hydrogen-bond donors (Lipinski definition) is 1. The Labute approximate surface area is 369 Å². The first-order valence-electron chi connectivity index (χ1n) is 26.9. The number of hydrogen-bond acceptors (Lipinski definition) is 4. The Hall–Kier alpha value is -1.39. The van der Waals surface area contributed by atoms with Gasteiger partial charge in [-0.1, -0.05) is 290 Å². The van der Waals surface area contributed by atoms with Gasteiger partial charge in [-0.3, -0.25) is 14.4 Å². The van der Waals surface area contributed by atoms with E-state index in [1.165, 1.54) is 250 Å². The molecule has 5 nitrogen and oxygen atoms in total. The minimum atomic E-state index is -0.651. The van der Waals surface area contributed by atoms with Crippen molar-refractivity contribution in [2.45, 2.75) is 329 Å². The van der Waals surface area contributed by atoms with Crippen LogP contribution in [-0.2, 0) is 19.1 Å². The fraction of sp³-hybridized carbons (Fsp3) is 0.944. The van der Waals surface area contributed by atoms with Gasteiger partial charge in [-0.25, -0.2) is 0 Å². The predicted octanol–water partition coefficient (Wildman–Crippen LogP) is 18.9. The van der Waals surface area contributed by atoms with Gasteiger partial charge in [0, 0.05) is 19.3 Å². The Bertz CT molecular complexity index is 826. The Kier molecular flexibility index (Phi) is 55.3. The van der Waals surface area contributed by atoms with Crippen molar-refractivity contribution in [3.8, 4) is 0 Å². The zero-order valence-electron chi connectivity index (χ0n) is 40.5. The molecule has 0 aromatic heterocycles. The minimum absolute atomic E-state index is 0.326. The molecule has 0 atom stereocenters. The maximum Gasteiger partial charge on any atom is 0.313 e. The highest BCUT2D eigenvalue weighted by Crippen LogP contribution is 2.17. The van der Waals surface area contributed by atoms with E-state index in [0.717, 1.165) is 38.5 Å². The summed E-state index contributed by atoms with van der Waals surface area (Å²) < 4.78 is 4.98. The maximum absolute atomic E-state index is 11.8. The Morgan fingerprint density at radius 2 is 0.407 bits per heavy atom. The first-order valence-corrected chi connectivity index (χ1v) is 26.9.